The second-order valence-corrected chi connectivity index (χ2v) is 8.62. The van der Waals surface area contributed by atoms with Crippen molar-refractivity contribution in [1.82, 2.24) is 14.8 Å². The van der Waals surface area contributed by atoms with Crippen LogP contribution in [0.3, 0.4) is 0 Å². The van der Waals surface area contributed by atoms with Gasteiger partial charge < -0.3 is 24.7 Å². The average Bonchev–Trinajstić information content (AvgIpc) is 3.37. The van der Waals surface area contributed by atoms with Crippen LogP contribution in [0.25, 0.3) is 0 Å². The number of carbonyl (C=O) groups is 2. The molecule has 9 nitrogen and oxygen atoms in total. The summed E-state index contributed by atoms with van der Waals surface area (Å²) in [5.74, 6) is 1.41. The van der Waals surface area contributed by atoms with Crippen LogP contribution in [-0.2, 0) is 23.1 Å². The van der Waals surface area contributed by atoms with Gasteiger partial charge in [-0.2, -0.15) is 0 Å². The van der Waals surface area contributed by atoms with Crippen LogP contribution in [-0.4, -0.2) is 38.6 Å². The number of thioether (sulfide) groups is 1. The number of amides is 2. The number of aromatic nitrogens is 3. The van der Waals surface area contributed by atoms with Gasteiger partial charge in [-0.15, -0.1) is 10.2 Å². The Bertz CT molecular complexity index is 1160. The van der Waals surface area contributed by atoms with Crippen molar-refractivity contribution in [2.24, 2.45) is 7.05 Å². The number of ether oxygens (including phenoxy) is 2. The quantitative estimate of drug-likeness (QED) is 0.529. The first kappa shape index (κ1) is 21.7. The van der Waals surface area contributed by atoms with Gasteiger partial charge in [0.05, 0.1) is 11.7 Å². The number of carbonyl (C=O) groups excluding carboxylic acids is 2. The van der Waals surface area contributed by atoms with Crippen LogP contribution >= 0.6 is 11.8 Å². The maximum Gasteiger partial charge on any atom is 0.237 e. The lowest BCUT2D eigenvalue weighted by Gasteiger charge is -2.12. The summed E-state index contributed by atoms with van der Waals surface area (Å²) in [6, 6.07) is 12.8. The third kappa shape index (κ3) is 4.86. The van der Waals surface area contributed by atoms with E-state index in [1.807, 2.05) is 31.2 Å². The lowest BCUT2D eigenvalue weighted by atomic mass is 10.2. The number of fused-ring (bicyclic) bond motifs is 1. The number of anilines is 2. The predicted octanol–water partition coefficient (Wildman–Crippen LogP) is 3.15. The predicted molar refractivity (Wildman–Crippen MR) is 121 cm³/mol. The van der Waals surface area contributed by atoms with Crippen LogP contribution in [0.5, 0.6) is 11.5 Å². The number of hydrogen-bond acceptors (Lipinski definition) is 7. The zero-order valence-corrected chi connectivity index (χ0v) is 18.7. The number of aryl methyl sites for hydroxylation is 1. The first-order chi connectivity index (χ1) is 15.4. The summed E-state index contributed by atoms with van der Waals surface area (Å²) in [4.78, 5) is 25.0. The molecule has 166 valence electrons. The van der Waals surface area contributed by atoms with Crippen molar-refractivity contribution >= 4 is 35.0 Å². The molecule has 4 rings (SSSR count). The summed E-state index contributed by atoms with van der Waals surface area (Å²) < 4.78 is 12.3. The molecule has 3 aromatic rings. The summed E-state index contributed by atoms with van der Waals surface area (Å²) in [5, 5.41) is 14.1. The van der Waals surface area contributed by atoms with Crippen LogP contribution in [0.4, 0.5) is 11.4 Å². The van der Waals surface area contributed by atoms with E-state index in [1.165, 1.54) is 11.8 Å². The lowest BCUT2D eigenvalue weighted by molar-refractivity contribution is -0.116. The monoisotopic (exact) mass is 453 g/mol. The number of nitrogens with one attached hydrogen (secondary N) is 2. The SMILES string of the molecule is Cc1ccccc1NC(=O)Cc1nnc(S[C@H](C)C(=O)Nc2ccc3c(c2)OCO3)n1C. The van der Waals surface area contributed by atoms with E-state index in [-0.39, 0.29) is 25.0 Å². The molecule has 1 aliphatic rings. The summed E-state index contributed by atoms with van der Waals surface area (Å²) in [6.07, 6.45) is 0.0795. The molecule has 0 fully saturated rings. The molecule has 32 heavy (non-hydrogen) atoms. The van der Waals surface area contributed by atoms with Crippen molar-refractivity contribution in [2.75, 3.05) is 17.4 Å². The number of rotatable bonds is 7. The zero-order valence-electron chi connectivity index (χ0n) is 17.9. The Hall–Kier alpha value is -3.53. The lowest BCUT2D eigenvalue weighted by Crippen LogP contribution is -2.23. The molecule has 0 saturated carbocycles. The maximum absolute atomic E-state index is 12.6. The fourth-order valence-electron chi connectivity index (χ4n) is 3.08. The highest BCUT2D eigenvalue weighted by atomic mass is 32.2. The molecule has 0 bridgehead atoms. The molecule has 2 aromatic carbocycles. The molecule has 0 saturated heterocycles. The van der Waals surface area contributed by atoms with Crippen LogP contribution in [0.15, 0.2) is 47.6 Å². The molecule has 1 aromatic heterocycles. The van der Waals surface area contributed by atoms with Gasteiger partial charge in [0.1, 0.15) is 5.82 Å². The van der Waals surface area contributed by atoms with Gasteiger partial charge in [0.25, 0.3) is 0 Å². The molecule has 0 radical (unpaired) electrons. The Morgan fingerprint density at radius 1 is 1.12 bits per heavy atom. The third-order valence-electron chi connectivity index (χ3n) is 4.95. The Balaban J connectivity index is 1.35. The molecule has 0 unspecified atom stereocenters. The van der Waals surface area contributed by atoms with Crippen molar-refractivity contribution in [2.45, 2.75) is 30.7 Å². The minimum Gasteiger partial charge on any atom is -0.454 e. The fraction of sp³-hybridized carbons (Fsp3) is 0.273. The molecule has 1 aliphatic heterocycles. The van der Waals surface area contributed by atoms with Gasteiger partial charge in [-0.3, -0.25) is 9.59 Å². The van der Waals surface area contributed by atoms with Crippen LogP contribution in [0.1, 0.15) is 18.3 Å². The summed E-state index contributed by atoms with van der Waals surface area (Å²) in [7, 11) is 1.78. The van der Waals surface area contributed by atoms with Crippen molar-refractivity contribution in [1.29, 1.82) is 0 Å². The number of benzene rings is 2. The topological polar surface area (TPSA) is 107 Å². The fourth-order valence-corrected chi connectivity index (χ4v) is 3.92. The van der Waals surface area contributed by atoms with Crippen molar-refractivity contribution in [3.63, 3.8) is 0 Å². The van der Waals surface area contributed by atoms with E-state index in [9.17, 15) is 9.59 Å². The van der Waals surface area contributed by atoms with Gasteiger partial charge in [0.15, 0.2) is 16.7 Å². The summed E-state index contributed by atoms with van der Waals surface area (Å²) in [6.45, 7) is 3.89. The number of nitrogens with zero attached hydrogens (tertiary/aromatic N) is 3. The van der Waals surface area contributed by atoms with Gasteiger partial charge in [0.2, 0.25) is 18.6 Å². The van der Waals surface area contributed by atoms with E-state index in [1.54, 1.807) is 36.7 Å². The molecule has 2 amide bonds. The van der Waals surface area contributed by atoms with Gasteiger partial charge >= 0.3 is 0 Å². The Morgan fingerprint density at radius 2 is 1.91 bits per heavy atom. The van der Waals surface area contributed by atoms with Gasteiger partial charge in [-0.05, 0) is 37.6 Å². The highest BCUT2D eigenvalue weighted by Crippen LogP contribution is 2.34. The van der Waals surface area contributed by atoms with Crippen LogP contribution in [0, 0.1) is 6.92 Å². The van der Waals surface area contributed by atoms with E-state index < -0.39 is 5.25 Å². The van der Waals surface area contributed by atoms with Gasteiger partial charge in [-0.25, -0.2) is 0 Å². The normalized spacial score (nSPS) is 13.0. The van der Waals surface area contributed by atoms with Crippen molar-refractivity contribution in [3.8, 4) is 11.5 Å². The largest absolute Gasteiger partial charge is 0.454 e. The highest BCUT2D eigenvalue weighted by Gasteiger charge is 2.21. The highest BCUT2D eigenvalue weighted by molar-refractivity contribution is 8.00. The number of hydrogen-bond donors (Lipinski definition) is 2. The number of para-hydroxylation sites is 1. The van der Waals surface area contributed by atoms with E-state index in [0.717, 1.165) is 11.3 Å². The minimum atomic E-state index is -0.433. The smallest absolute Gasteiger partial charge is 0.237 e. The first-order valence-corrected chi connectivity index (χ1v) is 10.9. The van der Waals surface area contributed by atoms with Crippen LogP contribution < -0.4 is 20.1 Å². The summed E-state index contributed by atoms with van der Waals surface area (Å²) in [5.41, 5.74) is 2.37. The molecular formula is C22H23N5O4S. The van der Waals surface area contributed by atoms with E-state index in [0.29, 0.717) is 28.2 Å². The Labute approximate surface area is 189 Å². The zero-order chi connectivity index (χ0) is 22.7. The second-order valence-electron chi connectivity index (χ2n) is 7.32. The molecular weight excluding hydrogens is 430 g/mol. The standard InChI is InChI=1S/C22H23N5O4S/c1-13-6-4-5-7-16(13)24-20(28)11-19-25-26-22(27(19)3)32-14(2)21(29)23-15-8-9-17-18(10-15)31-12-30-17/h4-10,14H,11-12H2,1-3H3,(H,23,29)(H,24,28)/t14-/m1/s1. The van der Waals surface area contributed by atoms with Crippen molar-refractivity contribution in [3.05, 3.63) is 53.9 Å². The van der Waals surface area contributed by atoms with Crippen molar-refractivity contribution < 1.29 is 19.1 Å². The Kier molecular flexibility index (Phi) is 6.31. The van der Waals surface area contributed by atoms with Gasteiger partial charge in [-0.1, -0.05) is 30.0 Å². The molecule has 2 heterocycles. The summed E-state index contributed by atoms with van der Waals surface area (Å²) >= 11 is 1.27. The van der Waals surface area contributed by atoms with E-state index >= 15 is 0 Å². The molecule has 10 heteroatoms. The third-order valence-corrected chi connectivity index (χ3v) is 6.09. The molecule has 1 atom stereocenters. The molecule has 2 N–H and O–H groups in total. The average molecular weight is 454 g/mol. The maximum atomic E-state index is 12.6. The first-order valence-electron chi connectivity index (χ1n) is 10.0. The second kappa shape index (κ2) is 9.31. The molecule has 0 aliphatic carbocycles. The minimum absolute atomic E-state index is 0.0795. The van der Waals surface area contributed by atoms with Crippen LogP contribution in [0.2, 0.25) is 0 Å². The Morgan fingerprint density at radius 3 is 2.72 bits per heavy atom. The van der Waals surface area contributed by atoms with E-state index in [4.69, 9.17) is 9.47 Å². The molecule has 0 spiro atoms. The van der Waals surface area contributed by atoms with Gasteiger partial charge in [0, 0.05) is 24.5 Å². The van der Waals surface area contributed by atoms with E-state index in [2.05, 4.69) is 20.8 Å².